The molecule has 3 N–H and O–H groups in total. The van der Waals surface area contributed by atoms with Crippen LogP contribution in [0.2, 0.25) is 0 Å². The summed E-state index contributed by atoms with van der Waals surface area (Å²) in [5.74, 6) is 0.811. The summed E-state index contributed by atoms with van der Waals surface area (Å²) in [6.07, 6.45) is 5.31. The summed E-state index contributed by atoms with van der Waals surface area (Å²) >= 11 is 1.71. The maximum atomic E-state index is 12.0. The lowest BCUT2D eigenvalue weighted by Crippen LogP contribution is -2.36. The van der Waals surface area contributed by atoms with Crippen molar-refractivity contribution in [2.24, 2.45) is 5.73 Å². The first-order valence-corrected chi connectivity index (χ1v) is 8.95. The molecular weight excluding hydrogens is 282 g/mol. The fourth-order valence-electron chi connectivity index (χ4n) is 2.56. The predicted octanol–water partition coefficient (Wildman–Crippen LogP) is 2.30. The van der Waals surface area contributed by atoms with Crippen molar-refractivity contribution < 1.29 is 4.79 Å². The van der Waals surface area contributed by atoms with Crippen molar-refractivity contribution >= 4 is 23.4 Å². The van der Waals surface area contributed by atoms with Crippen LogP contribution in [0.4, 0.5) is 5.69 Å². The molecule has 1 aliphatic heterocycles. The first-order valence-electron chi connectivity index (χ1n) is 7.55. The zero-order chi connectivity index (χ0) is 15.1. The van der Waals surface area contributed by atoms with Crippen LogP contribution in [0.5, 0.6) is 0 Å². The highest BCUT2D eigenvalue weighted by Gasteiger charge is 2.14. The van der Waals surface area contributed by atoms with Gasteiger partial charge in [0.25, 0.3) is 0 Å². The van der Waals surface area contributed by atoms with Gasteiger partial charge in [-0.05, 0) is 62.1 Å². The Bertz CT molecular complexity index is 461. The quantitative estimate of drug-likeness (QED) is 0.811. The van der Waals surface area contributed by atoms with Gasteiger partial charge in [0, 0.05) is 12.2 Å². The third kappa shape index (κ3) is 5.34. The fourth-order valence-corrected chi connectivity index (χ4v) is 3.05. The van der Waals surface area contributed by atoms with E-state index in [1.165, 1.54) is 31.5 Å². The molecule has 1 fully saturated rings. The first-order chi connectivity index (χ1) is 10.2. The number of rotatable bonds is 7. The molecule has 1 atom stereocenters. The van der Waals surface area contributed by atoms with Gasteiger partial charge in [0.2, 0.25) is 5.91 Å². The molecule has 5 heteroatoms. The molecule has 2 rings (SSSR count). The van der Waals surface area contributed by atoms with E-state index in [0.29, 0.717) is 6.42 Å². The molecule has 0 unspecified atom stereocenters. The minimum absolute atomic E-state index is 0.0950. The van der Waals surface area contributed by atoms with Crippen LogP contribution in [0.1, 0.15) is 24.8 Å². The lowest BCUT2D eigenvalue weighted by atomic mass is 10.1. The van der Waals surface area contributed by atoms with Gasteiger partial charge in [-0.2, -0.15) is 11.8 Å². The van der Waals surface area contributed by atoms with Crippen molar-refractivity contribution in [2.75, 3.05) is 30.4 Å². The number of likely N-dealkylation sites (tertiary alicyclic amines) is 1. The van der Waals surface area contributed by atoms with E-state index in [2.05, 4.69) is 22.3 Å². The van der Waals surface area contributed by atoms with E-state index < -0.39 is 6.04 Å². The Morgan fingerprint density at radius 2 is 2.19 bits per heavy atom. The molecule has 116 valence electrons. The van der Waals surface area contributed by atoms with Crippen molar-refractivity contribution in [1.82, 2.24) is 4.90 Å². The monoisotopic (exact) mass is 307 g/mol. The minimum Gasteiger partial charge on any atom is -0.325 e. The number of amides is 1. The Labute approximate surface area is 131 Å². The Kier molecular flexibility index (Phi) is 6.54. The molecule has 1 amide bonds. The second-order valence-electron chi connectivity index (χ2n) is 5.56. The summed E-state index contributed by atoms with van der Waals surface area (Å²) in [6, 6.07) is 7.65. The molecule has 0 bridgehead atoms. The van der Waals surface area contributed by atoms with E-state index in [4.69, 9.17) is 5.73 Å². The van der Waals surface area contributed by atoms with E-state index in [-0.39, 0.29) is 5.91 Å². The summed E-state index contributed by atoms with van der Waals surface area (Å²) in [4.78, 5) is 14.5. The largest absolute Gasteiger partial charge is 0.325 e. The fraction of sp³-hybridized carbons (Fsp3) is 0.562. The lowest BCUT2D eigenvalue weighted by Gasteiger charge is -2.16. The van der Waals surface area contributed by atoms with Gasteiger partial charge in [-0.3, -0.25) is 9.69 Å². The number of nitrogens with zero attached hydrogens (tertiary/aromatic N) is 1. The van der Waals surface area contributed by atoms with Gasteiger partial charge in [-0.1, -0.05) is 12.1 Å². The smallest absolute Gasteiger partial charge is 0.241 e. The first kappa shape index (κ1) is 16.3. The number of hydrogen-bond acceptors (Lipinski definition) is 4. The third-order valence-corrected chi connectivity index (χ3v) is 4.41. The van der Waals surface area contributed by atoms with Gasteiger partial charge in [0.15, 0.2) is 0 Å². The second kappa shape index (κ2) is 8.41. The highest BCUT2D eigenvalue weighted by atomic mass is 32.2. The Morgan fingerprint density at radius 3 is 2.90 bits per heavy atom. The topological polar surface area (TPSA) is 58.4 Å². The van der Waals surface area contributed by atoms with Crippen molar-refractivity contribution in [3.8, 4) is 0 Å². The van der Waals surface area contributed by atoms with Gasteiger partial charge in [0.05, 0.1) is 6.04 Å². The summed E-state index contributed by atoms with van der Waals surface area (Å²) < 4.78 is 0. The molecule has 0 spiro atoms. The number of carbonyl (C=O) groups is 1. The Morgan fingerprint density at radius 1 is 1.43 bits per heavy atom. The van der Waals surface area contributed by atoms with Crippen LogP contribution in [0.15, 0.2) is 24.3 Å². The van der Waals surface area contributed by atoms with Crippen molar-refractivity contribution in [3.63, 3.8) is 0 Å². The number of thioether (sulfide) groups is 1. The van der Waals surface area contributed by atoms with Crippen LogP contribution >= 0.6 is 11.8 Å². The molecule has 4 nitrogen and oxygen atoms in total. The van der Waals surface area contributed by atoms with Gasteiger partial charge in [-0.25, -0.2) is 0 Å². The highest BCUT2D eigenvalue weighted by molar-refractivity contribution is 7.98. The molecule has 0 radical (unpaired) electrons. The van der Waals surface area contributed by atoms with Gasteiger partial charge < -0.3 is 11.1 Å². The van der Waals surface area contributed by atoms with Crippen LogP contribution in [0, 0.1) is 0 Å². The number of hydrogen-bond donors (Lipinski definition) is 2. The summed E-state index contributed by atoms with van der Waals surface area (Å²) in [5.41, 5.74) is 7.97. The van der Waals surface area contributed by atoms with E-state index in [0.717, 1.165) is 18.0 Å². The van der Waals surface area contributed by atoms with Gasteiger partial charge >= 0.3 is 0 Å². The number of nitrogens with one attached hydrogen (secondary N) is 1. The molecule has 0 aromatic heterocycles. The molecule has 1 aromatic rings. The third-order valence-electron chi connectivity index (χ3n) is 3.77. The highest BCUT2D eigenvalue weighted by Crippen LogP contribution is 2.16. The molecular formula is C16H25N3OS. The molecule has 1 heterocycles. The van der Waals surface area contributed by atoms with Crippen molar-refractivity contribution in [2.45, 2.75) is 31.8 Å². The van der Waals surface area contributed by atoms with Gasteiger partial charge in [0.1, 0.15) is 0 Å². The van der Waals surface area contributed by atoms with Crippen LogP contribution in [0.25, 0.3) is 0 Å². The summed E-state index contributed by atoms with van der Waals surface area (Å²) in [5, 5.41) is 2.92. The molecule has 0 saturated carbocycles. The maximum absolute atomic E-state index is 12.0. The number of nitrogens with two attached hydrogens (primary N) is 1. The van der Waals surface area contributed by atoms with E-state index in [1.807, 2.05) is 18.4 Å². The molecule has 0 aliphatic carbocycles. The minimum atomic E-state index is -0.431. The van der Waals surface area contributed by atoms with Crippen LogP contribution in [0.3, 0.4) is 0 Å². The standard InChI is InChI=1S/C16H25N3OS/c1-21-10-7-15(17)16(20)18-14-6-4-5-13(11-14)12-19-8-2-3-9-19/h4-6,11,15H,2-3,7-10,12,17H2,1H3,(H,18,20)/t15-/m0/s1. The Balaban J connectivity index is 1.89. The van der Waals surface area contributed by atoms with Crippen LogP contribution in [-0.4, -0.2) is 41.9 Å². The number of carbonyl (C=O) groups excluding carboxylic acids is 1. The Hall–Kier alpha value is -1.04. The van der Waals surface area contributed by atoms with Gasteiger partial charge in [-0.15, -0.1) is 0 Å². The summed E-state index contributed by atoms with van der Waals surface area (Å²) in [6.45, 7) is 3.31. The molecule has 1 aliphatic rings. The van der Waals surface area contributed by atoms with Crippen molar-refractivity contribution in [3.05, 3.63) is 29.8 Å². The normalized spacial score (nSPS) is 16.9. The van der Waals surface area contributed by atoms with E-state index in [9.17, 15) is 4.79 Å². The summed E-state index contributed by atoms with van der Waals surface area (Å²) in [7, 11) is 0. The zero-order valence-electron chi connectivity index (χ0n) is 12.7. The molecule has 1 saturated heterocycles. The average Bonchev–Trinajstić information content (AvgIpc) is 2.98. The van der Waals surface area contributed by atoms with Crippen LogP contribution in [-0.2, 0) is 11.3 Å². The number of anilines is 1. The zero-order valence-corrected chi connectivity index (χ0v) is 13.5. The SMILES string of the molecule is CSCC[C@H](N)C(=O)Nc1cccc(CN2CCCC2)c1. The van der Waals surface area contributed by atoms with E-state index in [1.54, 1.807) is 11.8 Å². The van der Waals surface area contributed by atoms with Crippen molar-refractivity contribution in [1.29, 1.82) is 0 Å². The van der Waals surface area contributed by atoms with E-state index >= 15 is 0 Å². The second-order valence-corrected chi connectivity index (χ2v) is 6.55. The molecule has 1 aromatic carbocycles. The van der Waals surface area contributed by atoms with Crippen LogP contribution < -0.4 is 11.1 Å². The molecule has 21 heavy (non-hydrogen) atoms. The predicted molar refractivity (Wildman–Crippen MR) is 90.6 cm³/mol. The maximum Gasteiger partial charge on any atom is 0.241 e. The number of benzene rings is 1. The average molecular weight is 307 g/mol. The lowest BCUT2D eigenvalue weighted by molar-refractivity contribution is -0.117.